The summed E-state index contributed by atoms with van der Waals surface area (Å²) in [7, 11) is 0. The standard InChI is InChI=1S/C13H26N2OS/c1-4-14-11-7-6-10(3)8-12(11)17-9-13(16)15-5-2/h10-12,14H,4-9H2,1-3H3,(H,15,16). The number of thioether (sulfide) groups is 1. The predicted molar refractivity (Wildman–Crippen MR) is 75.4 cm³/mol. The molecule has 3 unspecified atom stereocenters. The Morgan fingerprint density at radius 3 is 2.71 bits per heavy atom. The van der Waals surface area contributed by atoms with Crippen LogP contribution in [0.25, 0.3) is 0 Å². The first-order valence-electron chi connectivity index (χ1n) is 6.79. The van der Waals surface area contributed by atoms with E-state index in [1.807, 2.05) is 18.7 Å². The second-order valence-corrected chi connectivity index (χ2v) is 6.11. The third kappa shape index (κ3) is 5.30. The van der Waals surface area contributed by atoms with E-state index in [0.717, 1.165) is 19.0 Å². The van der Waals surface area contributed by atoms with Gasteiger partial charge in [0.2, 0.25) is 5.91 Å². The Morgan fingerprint density at radius 1 is 1.29 bits per heavy atom. The molecule has 0 heterocycles. The Labute approximate surface area is 109 Å². The maximum absolute atomic E-state index is 11.5. The lowest BCUT2D eigenvalue weighted by molar-refractivity contribution is -0.118. The molecule has 0 aromatic heterocycles. The molecule has 4 heteroatoms. The minimum atomic E-state index is 0.172. The highest BCUT2D eigenvalue weighted by Crippen LogP contribution is 2.32. The van der Waals surface area contributed by atoms with Crippen LogP contribution in [0.2, 0.25) is 0 Å². The molecule has 0 saturated heterocycles. The number of carbonyl (C=O) groups excluding carboxylic acids is 1. The van der Waals surface area contributed by atoms with Crippen molar-refractivity contribution in [1.29, 1.82) is 0 Å². The zero-order valence-corrected chi connectivity index (χ0v) is 12.1. The van der Waals surface area contributed by atoms with E-state index in [2.05, 4.69) is 24.5 Å². The number of hydrogen-bond donors (Lipinski definition) is 2. The van der Waals surface area contributed by atoms with Gasteiger partial charge in [-0.1, -0.05) is 13.8 Å². The first-order valence-corrected chi connectivity index (χ1v) is 7.83. The molecule has 1 fully saturated rings. The summed E-state index contributed by atoms with van der Waals surface area (Å²) in [5.74, 6) is 1.58. The fourth-order valence-corrected chi connectivity index (χ4v) is 3.84. The van der Waals surface area contributed by atoms with Gasteiger partial charge in [-0.15, -0.1) is 11.8 Å². The van der Waals surface area contributed by atoms with Crippen molar-refractivity contribution in [3.05, 3.63) is 0 Å². The second-order valence-electron chi connectivity index (χ2n) is 4.89. The van der Waals surface area contributed by atoms with E-state index >= 15 is 0 Å². The molecule has 0 bridgehead atoms. The summed E-state index contributed by atoms with van der Waals surface area (Å²) >= 11 is 1.82. The van der Waals surface area contributed by atoms with Gasteiger partial charge in [-0.25, -0.2) is 0 Å². The Bertz CT molecular complexity index is 235. The fourth-order valence-electron chi connectivity index (χ4n) is 2.44. The fraction of sp³-hybridized carbons (Fsp3) is 0.923. The number of rotatable bonds is 6. The number of amides is 1. The molecule has 100 valence electrons. The van der Waals surface area contributed by atoms with Crippen LogP contribution in [0.4, 0.5) is 0 Å². The van der Waals surface area contributed by atoms with Gasteiger partial charge in [-0.3, -0.25) is 4.79 Å². The summed E-state index contributed by atoms with van der Waals surface area (Å²) in [6.07, 6.45) is 3.81. The van der Waals surface area contributed by atoms with E-state index < -0.39 is 0 Å². The Morgan fingerprint density at radius 2 is 2.06 bits per heavy atom. The van der Waals surface area contributed by atoms with E-state index in [4.69, 9.17) is 0 Å². The number of hydrogen-bond acceptors (Lipinski definition) is 3. The van der Waals surface area contributed by atoms with Crippen LogP contribution in [0.1, 0.15) is 40.0 Å². The molecule has 3 nitrogen and oxygen atoms in total. The summed E-state index contributed by atoms with van der Waals surface area (Å²) in [5, 5.41) is 7.02. The third-order valence-electron chi connectivity index (χ3n) is 3.32. The van der Waals surface area contributed by atoms with Crippen LogP contribution in [-0.2, 0) is 4.79 Å². The molecule has 0 radical (unpaired) electrons. The van der Waals surface area contributed by atoms with Gasteiger partial charge >= 0.3 is 0 Å². The number of nitrogens with one attached hydrogen (secondary N) is 2. The molecule has 1 aliphatic rings. The van der Waals surface area contributed by atoms with E-state index in [1.54, 1.807) is 0 Å². The van der Waals surface area contributed by atoms with Crippen molar-refractivity contribution < 1.29 is 4.79 Å². The van der Waals surface area contributed by atoms with E-state index in [1.165, 1.54) is 19.3 Å². The average Bonchev–Trinajstić information content (AvgIpc) is 2.30. The van der Waals surface area contributed by atoms with Gasteiger partial charge in [0.05, 0.1) is 5.75 Å². The largest absolute Gasteiger partial charge is 0.356 e. The monoisotopic (exact) mass is 258 g/mol. The van der Waals surface area contributed by atoms with Crippen molar-refractivity contribution in [2.24, 2.45) is 5.92 Å². The molecule has 0 aromatic rings. The van der Waals surface area contributed by atoms with Crippen molar-refractivity contribution in [2.75, 3.05) is 18.8 Å². The topological polar surface area (TPSA) is 41.1 Å². The highest BCUT2D eigenvalue weighted by molar-refractivity contribution is 8.00. The van der Waals surface area contributed by atoms with Crippen LogP contribution < -0.4 is 10.6 Å². The molecule has 1 amide bonds. The van der Waals surface area contributed by atoms with Crippen molar-refractivity contribution in [3.8, 4) is 0 Å². The molecule has 0 aliphatic heterocycles. The van der Waals surface area contributed by atoms with Crippen molar-refractivity contribution in [1.82, 2.24) is 10.6 Å². The zero-order chi connectivity index (χ0) is 12.7. The molecule has 17 heavy (non-hydrogen) atoms. The van der Waals surface area contributed by atoms with Crippen LogP contribution in [0.5, 0.6) is 0 Å². The van der Waals surface area contributed by atoms with Gasteiger partial charge in [-0.05, 0) is 38.6 Å². The molecular weight excluding hydrogens is 232 g/mol. The SMILES string of the molecule is CCNC(=O)CSC1CC(C)CCC1NCC. The molecule has 1 aliphatic carbocycles. The van der Waals surface area contributed by atoms with E-state index in [-0.39, 0.29) is 5.91 Å². The Balaban J connectivity index is 2.37. The van der Waals surface area contributed by atoms with Gasteiger partial charge in [0.15, 0.2) is 0 Å². The first-order chi connectivity index (χ1) is 8.17. The third-order valence-corrected chi connectivity index (χ3v) is 4.70. The lowest BCUT2D eigenvalue weighted by atomic mass is 9.87. The maximum Gasteiger partial charge on any atom is 0.229 e. The van der Waals surface area contributed by atoms with Gasteiger partial charge in [-0.2, -0.15) is 0 Å². The summed E-state index contributed by atoms with van der Waals surface area (Å²) in [4.78, 5) is 11.5. The average molecular weight is 258 g/mol. The van der Waals surface area contributed by atoms with Gasteiger partial charge < -0.3 is 10.6 Å². The number of carbonyl (C=O) groups is 1. The molecule has 1 rings (SSSR count). The van der Waals surface area contributed by atoms with Crippen LogP contribution in [0.15, 0.2) is 0 Å². The van der Waals surface area contributed by atoms with Crippen molar-refractivity contribution in [2.45, 2.75) is 51.3 Å². The predicted octanol–water partition coefficient (Wildman–Crippen LogP) is 2.02. The lowest BCUT2D eigenvalue weighted by Gasteiger charge is -2.34. The van der Waals surface area contributed by atoms with Crippen LogP contribution >= 0.6 is 11.8 Å². The molecule has 3 atom stereocenters. The lowest BCUT2D eigenvalue weighted by Crippen LogP contribution is -2.42. The highest BCUT2D eigenvalue weighted by Gasteiger charge is 2.28. The van der Waals surface area contributed by atoms with Crippen LogP contribution in [0.3, 0.4) is 0 Å². The quantitative estimate of drug-likeness (QED) is 0.766. The van der Waals surface area contributed by atoms with Gasteiger partial charge in [0, 0.05) is 17.8 Å². The zero-order valence-electron chi connectivity index (χ0n) is 11.3. The normalized spacial score (nSPS) is 29.0. The van der Waals surface area contributed by atoms with E-state index in [0.29, 0.717) is 17.0 Å². The summed E-state index contributed by atoms with van der Waals surface area (Å²) in [6.45, 7) is 8.20. The molecular formula is C13H26N2OS. The summed E-state index contributed by atoms with van der Waals surface area (Å²) in [6, 6.07) is 0.593. The second kappa shape index (κ2) is 7.98. The van der Waals surface area contributed by atoms with Crippen LogP contribution in [-0.4, -0.2) is 36.0 Å². The Hall–Kier alpha value is -0.220. The van der Waals surface area contributed by atoms with E-state index in [9.17, 15) is 4.79 Å². The molecule has 2 N–H and O–H groups in total. The summed E-state index contributed by atoms with van der Waals surface area (Å²) in [5.41, 5.74) is 0. The highest BCUT2D eigenvalue weighted by atomic mass is 32.2. The van der Waals surface area contributed by atoms with Crippen molar-refractivity contribution in [3.63, 3.8) is 0 Å². The molecule has 1 saturated carbocycles. The first kappa shape index (κ1) is 14.8. The van der Waals surface area contributed by atoms with Gasteiger partial charge in [0.1, 0.15) is 0 Å². The smallest absolute Gasteiger partial charge is 0.229 e. The Kier molecular flexibility index (Phi) is 6.97. The maximum atomic E-state index is 11.5. The minimum absolute atomic E-state index is 0.172. The summed E-state index contributed by atoms with van der Waals surface area (Å²) < 4.78 is 0. The van der Waals surface area contributed by atoms with Crippen LogP contribution in [0, 0.1) is 5.92 Å². The molecule has 0 spiro atoms. The molecule has 0 aromatic carbocycles. The van der Waals surface area contributed by atoms with Gasteiger partial charge in [0.25, 0.3) is 0 Å². The van der Waals surface area contributed by atoms with Crippen molar-refractivity contribution >= 4 is 17.7 Å². The minimum Gasteiger partial charge on any atom is -0.356 e.